The molecule has 0 fully saturated rings. The Hall–Kier alpha value is -3.22. The number of nitrogens with zero attached hydrogens (tertiary/aromatic N) is 5. The SMILES string of the molecule is Bc1cnc2c(c1)nc(-c1ccccn1)n2-c1ccc(OC)nc1. The van der Waals surface area contributed by atoms with E-state index in [1.165, 1.54) is 0 Å². The fourth-order valence-corrected chi connectivity index (χ4v) is 2.60. The van der Waals surface area contributed by atoms with E-state index in [0.29, 0.717) is 5.88 Å². The molecule has 6 nitrogen and oxygen atoms in total. The van der Waals surface area contributed by atoms with Gasteiger partial charge in [0.15, 0.2) is 11.5 Å². The van der Waals surface area contributed by atoms with Gasteiger partial charge in [-0.1, -0.05) is 11.5 Å². The third kappa shape index (κ3) is 2.40. The molecule has 0 aromatic carbocycles. The van der Waals surface area contributed by atoms with Gasteiger partial charge in [0, 0.05) is 18.5 Å². The van der Waals surface area contributed by atoms with Crippen molar-refractivity contribution in [1.29, 1.82) is 0 Å². The van der Waals surface area contributed by atoms with Crippen LogP contribution in [0.1, 0.15) is 0 Å². The second kappa shape index (κ2) is 5.77. The Balaban J connectivity index is 2.00. The number of ether oxygens (including phenoxy) is 1. The largest absolute Gasteiger partial charge is 0.481 e. The van der Waals surface area contributed by atoms with Gasteiger partial charge in [0.1, 0.15) is 19.1 Å². The van der Waals surface area contributed by atoms with Gasteiger partial charge in [-0.3, -0.25) is 9.55 Å². The van der Waals surface area contributed by atoms with E-state index in [1.807, 2.05) is 55.0 Å². The first-order valence-electron chi connectivity index (χ1n) is 7.53. The fraction of sp³-hybridized carbons (Fsp3) is 0.0588. The summed E-state index contributed by atoms with van der Waals surface area (Å²) in [6.07, 6.45) is 5.33. The van der Waals surface area contributed by atoms with E-state index in [9.17, 15) is 0 Å². The van der Waals surface area contributed by atoms with Crippen molar-refractivity contribution in [2.75, 3.05) is 7.11 Å². The summed E-state index contributed by atoms with van der Waals surface area (Å²) in [6.45, 7) is 0. The van der Waals surface area contributed by atoms with Crippen LogP contribution in [0.25, 0.3) is 28.4 Å². The first kappa shape index (κ1) is 14.4. The van der Waals surface area contributed by atoms with E-state index >= 15 is 0 Å². The summed E-state index contributed by atoms with van der Waals surface area (Å²) in [5, 5.41) is 0. The van der Waals surface area contributed by atoms with E-state index in [1.54, 1.807) is 19.5 Å². The summed E-state index contributed by atoms with van der Waals surface area (Å²) in [5.41, 5.74) is 4.30. The maximum atomic E-state index is 5.14. The molecule has 0 aliphatic rings. The van der Waals surface area contributed by atoms with Gasteiger partial charge < -0.3 is 4.74 Å². The quantitative estimate of drug-likeness (QED) is 0.531. The highest BCUT2D eigenvalue weighted by molar-refractivity contribution is 6.32. The Morgan fingerprint density at radius 3 is 2.67 bits per heavy atom. The molecule has 0 amide bonds. The lowest BCUT2D eigenvalue weighted by Crippen LogP contribution is -2.04. The molecule has 0 aliphatic carbocycles. The molecule has 24 heavy (non-hydrogen) atoms. The van der Waals surface area contributed by atoms with Crippen molar-refractivity contribution in [3.05, 3.63) is 55.0 Å². The Bertz CT molecular complexity index is 999. The van der Waals surface area contributed by atoms with Gasteiger partial charge in [-0.2, -0.15) is 0 Å². The normalized spacial score (nSPS) is 10.9. The van der Waals surface area contributed by atoms with Crippen molar-refractivity contribution in [2.45, 2.75) is 0 Å². The van der Waals surface area contributed by atoms with Crippen LogP contribution >= 0.6 is 0 Å². The van der Waals surface area contributed by atoms with Gasteiger partial charge in [0.25, 0.3) is 0 Å². The summed E-state index contributed by atoms with van der Waals surface area (Å²) in [7, 11) is 3.60. The fourth-order valence-electron chi connectivity index (χ4n) is 2.60. The highest BCUT2D eigenvalue weighted by atomic mass is 16.5. The summed E-state index contributed by atoms with van der Waals surface area (Å²) in [6, 6.07) is 11.5. The number of hydrogen-bond acceptors (Lipinski definition) is 5. The lowest BCUT2D eigenvalue weighted by atomic mass is 9.99. The molecule has 4 aromatic rings. The number of methoxy groups -OCH3 is 1. The van der Waals surface area contributed by atoms with Gasteiger partial charge in [-0.15, -0.1) is 0 Å². The molecule has 0 atom stereocenters. The first-order valence-corrected chi connectivity index (χ1v) is 7.53. The molecule has 4 heterocycles. The minimum Gasteiger partial charge on any atom is -0.481 e. The zero-order chi connectivity index (χ0) is 16.5. The van der Waals surface area contributed by atoms with E-state index in [-0.39, 0.29) is 0 Å². The van der Waals surface area contributed by atoms with Gasteiger partial charge in [-0.25, -0.2) is 15.0 Å². The zero-order valence-corrected chi connectivity index (χ0v) is 13.3. The molecule has 0 saturated heterocycles. The lowest BCUT2D eigenvalue weighted by molar-refractivity contribution is 0.398. The topological polar surface area (TPSA) is 65.7 Å². The van der Waals surface area contributed by atoms with Crippen LogP contribution in [0.3, 0.4) is 0 Å². The number of pyridine rings is 3. The van der Waals surface area contributed by atoms with Crippen LogP contribution < -0.4 is 10.2 Å². The zero-order valence-electron chi connectivity index (χ0n) is 13.3. The average Bonchev–Trinajstić information content (AvgIpc) is 3.01. The maximum Gasteiger partial charge on any atom is 0.213 e. The second-order valence-electron chi connectivity index (χ2n) is 5.40. The van der Waals surface area contributed by atoms with Crippen molar-refractivity contribution >= 4 is 24.5 Å². The van der Waals surface area contributed by atoms with Gasteiger partial charge in [0.2, 0.25) is 5.88 Å². The Kier molecular flexibility index (Phi) is 3.46. The molecule has 4 rings (SSSR count). The van der Waals surface area contributed by atoms with E-state index < -0.39 is 0 Å². The van der Waals surface area contributed by atoms with E-state index in [4.69, 9.17) is 9.72 Å². The Morgan fingerprint density at radius 2 is 1.96 bits per heavy atom. The molecule has 7 heteroatoms. The standard InChI is InChI=1S/C17H14BN5O/c1-24-15-6-5-12(10-20-15)23-16-14(8-11(18)9-21-16)22-17(23)13-4-2-3-7-19-13/h2-10H,18H2,1H3. The third-order valence-corrected chi connectivity index (χ3v) is 3.72. The molecule has 0 unspecified atom stereocenters. The number of rotatable bonds is 3. The molecular weight excluding hydrogens is 301 g/mol. The number of imidazole rings is 1. The van der Waals surface area contributed by atoms with Crippen molar-refractivity contribution in [3.8, 4) is 23.1 Å². The second-order valence-corrected chi connectivity index (χ2v) is 5.40. The molecule has 0 aliphatic heterocycles. The molecule has 0 spiro atoms. The van der Waals surface area contributed by atoms with E-state index in [0.717, 1.165) is 33.8 Å². The highest BCUT2D eigenvalue weighted by Gasteiger charge is 2.16. The molecule has 0 saturated carbocycles. The number of aromatic nitrogens is 5. The summed E-state index contributed by atoms with van der Waals surface area (Å²) >= 11 is 0. The molecule has 4 aromatic heterocycles. The molecule has 0 radical (unpaired) electrons. The van der Waals surface area contributed by atoms with Crippen molar-refractivity contribution in [1.82, 2.24) is 24.5 Å². The van der Waals surface area contributed by atoms with Crippen LogP contribution in [-0.2, 0) is 0 Å². The number of fused-ring (bicyclic) bond motifs is 1. The predicted octanol–water partition coefficient (Wildman–Crippen LogP) is 1.14. The van der Waals surface area contributed by atoms with Gasteiger partial charge in [-0.05, 0) is 24.3 Å². The van der Waals surface area contributed by atoms with Crippen molar-refractivity contribution < 1.29 is 4.74 Å². The van der Waals surface area contributed by atoms with Crippen LogP contribution in [0.15, 0.2) is 55.0 Å². The summed E-state index contributed by atoms with van der Waals surface area (Å²) in [5.74, 6) is 1.29. The third-order valence-electron chi connectivity index (χ3n) is 3.72. The molecular formula is C17H14BN5O. The minimum absolute atomic E-state index is 0.561. The van der Waals surface area contributed by atoms with Gasteiger partial charge in [0.05, 0.1) is 19.0 Å². The van der Waals surface area contributed by atoms with Crippen LogP contribution in [0.4, 0.5) is 0 Å². The van der Waals surface area contributed by atoms with Crippen molar-refractivity contribution in [3.63, 3.8) is 0 Å². The van der Waals surface area contributed by atoms with Crippen LogP contribution in [-0.4, -0.2) is 39.5 Å². The smallest absolute Gasteiger partial charge is 0.213 e. The molecule has 0 N–H and O–H groups in total. The highest BCUT2D eigenvalue weighted by Crippen LogP contribution is 2.26. The van der Waals surface area contributed by atoms with Crippen LogP contribution in [0.2, 0.25) is 0 Å². The molecule has 0 bridgehead atoms. The first-order chi connectivity index (χ1) is 11.8. The average molecular weight is 315 g/mol. The Morgan fingerprint density at radius 1 is 1.04 bits per heavy atom. The monoisotopic (exact) mass is 315 g/mol. The summed E-state index contributed by atoms with van der Waals surface area (Å²) < 4.78 is 7.10. The Labute approximate surface area is 139 Å². The van der Waals surface area contributed by atoms with E-state index in [2.05, 4.69) is 15.0 Å². The maximum absolute atomic E-state index is 5.14. The molecule has 116 valence electrons. The predicted molar refractivity (Wildman–Crippen MR) is 94.6 cm³/mol. The van der Waals surface area contributed by atoms with Gasteiger partial charge >= 0.3 is 0 Å². The minimum atomic E-state index is 0.561. The summed E-state index contributed by atoms with van der Waals surface area (Å²) in [4.78, 5) is 18.0. The van der Waals surface area contributed by atoms with Crippen LogP contribution in [0.5, 0.6) is 5.88 Å². The lowest BCUT2D eigenvalue weighted by Gasteiger charge is -2.08. The van der Waals surface area contributed by atoms with Crippen molar-refractivity contribution in [2.24, 2.45) is 0 Å². The van der Waals surface area contributed by atoms with Crippen LogP contribution in [0, 0.1) is 0 Å². The number of hydrogen-bond donors (Lipinski definition) is 0.